The predicted octanol–water partition coefficient (Wildman–Crippen LogP) is 2.99. The Kier molecular flexibility index (Phi) is 11.1. The highest BCUT2D eigenvalue weighted by Gasteiger charge is 2.28. The van der Waals surface area contributed by atoms with Crippen LogP contribution in [-0.4, -0.2) is 55.5 Å². The van der Waals surface area contributed by atoms with E-state index in [1.807, 2.05) is 58.0 Å². The van der Waals surface area contributed by atoms with Gasteiger partial charge in [-0.1, -0.05) is 58.0 Å². The van der Waals surface area contributed by atoms with E-state index in [0.717, 1.165) is 5.56 Å². The second-order valence-electron chi connectivity index (χ2n) is 8.56. The van der Waals surface area contributed by atoms with Gasteiger partial charge in [0, 0.05) is 20.7 Å². The van der Waals surface area contributed by atoms with Gasteiger partial charge in [-0.3, -0.25) is 9.59 Å². The van der Waals surface area contributed by atoms with Gasteiger partial charge in [-0.25, -0.2) is 4.79 Å². The lowest BCUT2D eigenvalue weighted by Gasteiger charge is -2.27. The highest BCUT2D eigenvalue weighted by atomic mass is 16.5. The van der Waals surface area contributed by atoms with Crippen LogP contribution in [0.25, 0.3) is 0 Å². The Balaban J connectivity index is 2.83. The Bertz CT molecular complexity index is 676. The molecule has 0 aliphatic rings. The Morgan fingerprint density at radius 2 is 1.50 bits per heavy atom. The molecular weight excluding hydrogens is 382 g/mol. The molecule has 2 atom stereocenters. The molecule has 1 aromatic carbocycles. The van der Waals surface area contributed by atoms with Crippen LogP contribution in [0.3, 0.4) is 0 Å². The minimum Gasteiger partial charge on any atom is -0.377 e. The smallest absolute Gasteiger partial charge is 0.318 e. The van der Waals surface area contributed by atoms with Gasteiger partial charge >= 0.3 is 6.03 Å². The van der Waals surface area contributed by atoms with E-state index < -0.39 is 12.1 Å². The summed E-state index contributed by atoms with van der Waals surface area (Å²) >= 11 is 0. The van der Waals surface area contributed by atoms with Gasteiger partial charge in [-0.15, -0.1) is 0 Å². The van der Waals surface area contributed by atoms with Gasteiger partial charge in [-0.2, -0.15) is 0 Å². The van der Waals surface area contributed by atoms with Crippen molar-refractivity contribution in [2.24, 2.45) is 11.8 Å². The normalized spacial score (nSPS) is 13.1. The minimum atomic E-state index is -0.722. The number of carbonyl (C=O) groups excluding carboxylic acids is 3. The lowest BCUT2D eigenvalue weighted by Crippen LogP contribution is -2.54. The molecule has 168 valence electrons. The number of ether oxygens (including phenoxy) is 1. The number of rotatable bonds is 12. The van der Waals surface area contributed by atoms with Crippen molar-refractivity contribution in [1.29, 1.82) is 0 Å². The van der Waals surface area contributed by atoms with E-state index >= 15 is 0 Å². The van der Waals surface area contributed by atoms with Crippen molar-refractivity contribution in [1.82, 2.24) is 15.5 Å². The monoisotopic (exact) mass is 419 g/mol. The fraction of sp³-hybridized carbons (Fsp3) is 0.609. The van der Waals surface area contributed by atoms with Gasteiger partial charge in [0.05, 0.1) is 6.04 Å². The van der Waals surface area contributed by atoms with Crippen LogP contribution in [0.5, 0.6) is 0 Å². The molecule has 0 radical (unpaired) electrons. The van der Waals surface area contributed by atoms with E-state index in [4.69, 9.17) is 4.74 Å². The second-order valence-corrected chi connectivity index (χ2v) is 8.56. The third-order valence-electron chi connectivity index (χ3n) is 4.63. The summed E-state index contributed by atoms with van der Waals surface area (Å²) in [5.41, 5.74) is 1.00. The number of benzene rings is 1. The highest BCUT2D eigenvalue weighted by molar-refractivity contribution is 5.93. The molecule has 7 heteroatoms. The SMILES string of the molecule is COCC(=O)[C@H](CC(C)C)NC(=O)[C@H](CC(C)C)NC(=O)N(C)Cc1ccccc1. The number of ketones is 1. The van der Waals surface area contributed by atoms with Crippen LogP contribution in [-0.2, 0) is 20.9 Å². The van der Waals surface area contributed by atoms with E-state index in [1.165, 1.54) is 12.0 Å². The highest BCUT2D eigenvalue weighted by Crippen LogP contribution is 2.10. The quantitative estimate of drug-likeness (QED) is 0.545. The molecule has 1 aromatic rings. The zero-order valence-electron chi connectivity index (χ0n) is 19.1. The molecule has 3 amide bonds. The molecule has 0 unspecified atom stereocenters. The van der Waals surface area contributed by atoms with Gasteiger partial charge in [-0.05, 0) is 30.2 Å². The number of carbonyl (C=O) groups is 3. The van der Waals surface area contributed by atoms with Crippen LogP contribution in [0.4, 0.5) is 4.79 Å². The number of hydrogen-bond donors (Lipinski definition) is 2. The van der Waals surface area contributed by atoms with Crippen LogP contribution < -0.4 is 10.6 Å². The van der Waals surface area contributed by atoms with E-state index in [0.29, 0.717) is 19.4 Å². The number of nitrogens with zero attached hydrogens (tertiary/aromatic N) is 1. The van der Waals surface area contributed by atoms with Crippen LogP contribution in [0.15, 0.2) is 30.3 Å². The Morgan fingerprint density at radius 1 is 0.933 bits per heavy atom. The number of amides is 3. The molecule has 0 fully saturated rings. The van der Waals surface area contributed by atoms with E-state index in [1.54, 1.807) is 7.05 Å². The maximum Gasteiger partial charge on any atom is 0.318 e. The third kappa shape index (κ3) is 9.39. The molecule has 0 heterocycles. The van der Waals surface area contributed by atoms with Crippen molar-refractivity contribution in [2.75, 3.05) is 20.8 Å². The summed E-state index contributed by atoms with van der Waals surface area (Å²) < 4.78 is 4.95. The van der Waals surface area contributed by atoms with Crippen molar-refractivity contribution in [3.8, 4) is 0 Å². The molecule has 0 saturated heterocycles. The number of urea groups is 1. The van der Waals surface area contributed by atoms with Crippen molar-refractivity contribution in [3.05, 3.63) is 35.9 Å². The largest absolute Gasteiger partial charge is 0.377 e. The maximum absolute atomic E-state index is 13.0. The maximum atomic E-state index is 13.0. The summed E-state index contributed by atoms with van der Waals surface area (Å²) in [5.74, 6) is -0.0967. The molecule has 0 bridgehead atoms. The topological polar surface area (TPSA) is 87.7 Å². The van der Waals surface area contributed by atoms with Crippen LogP contribution in [0.1, 0.15) is 46.1 Å². The lowest BCUT2D eigenvalue weighted by atomic mass is 9.98. The third-order valence-corrected chi connectivity index (χ3v) is 4.63. The van der Waals surface area contributed by atoms with E-state index in [-0.39, 0.29) is 36.2 Å². The summed E-state index contributed by atoms with van der Waals surface area (Å²) in [5, 5.41) is 5.66. The summed E-state index contributed by atoms with van der Waals surface area (Å²) in [6, 6.07) is 7.96. The van der Waals surface area contributed by atoms with E-state index in [9.17, 15) is 14.4 Å². The Hall–Kier alpha value is -2.41. The first-order valence-corrected chi connectivity index (χ1v) is 10.5. The summed E-state index contributed by atoms with van der Waals surface area (Å²) in [4.78, 5) is 39.5. The van der Waals surface area contributed by atoms with E-state index in [2.05, 4.69) is 10.6 Å². The minimum absolute atomic E-state index is 0.0569. The zero-order chi connectivity index (χ0) is 22.7. The Labute approximate surface area is 180 Å². The summed E-state index contributed by atoms with van der Waals surface area (Å²) in [7, 11) is 3.15. The van der Waals surface area contributed by atoms with Crippen LogP contribution in [0, 0.1) is 11.8 Å². The number of hydrogen-bond acceptors (Lipinski definition) is 4. The lowest BCUT2D eigenvalue weighted by molar-refractivity contribution is -0.131. The van der Waals surface area contributed by atoms with Gasteiger partial charge in [0.15, 0.2) is 5.78 Å². The standard InChI is InChI=1S/C23H37N3O4/c1-16(2)12-19(21(27)15-30-6)24-22(28)20(13-17(3)4)25-23(29)26(5)14-18-10-8-7-9-11-18/h7-11,16-17,19-20H,12-15H2,1-6H3,(H,24,28)(H,25,29)/t19-,20-/m0/s1. The van der Waals surface area contributed by atoms with Crippen molar-refractivity contribution in [3.63, 3.8) is 0 Å². The molecule has 0 spiro atoms. The number of Topliss-reactive ketones (excluding diaryl/α,β-unsaturated/α-hetero) is 1. The predicted molar refractivity (Wildman–Crippen MR) is 118 cm³/mol. The second kappa shape index (κ2) is 13.0. The molecule has 1 rings (SSSR count). The summed E-state index contributed by atoms with van der Waals surface area (Å²) in [6.07, 6.45) is 0.994. The first-order valence-electron chi connectivity index (χ1n) is 10.5. The van der Waals surface area contributed by atoms with Gasteiger partial charge in [0.1, 0.15) is 12.6 Å². The fourth-order valence-corrected chi connectivity index (χ4v) is 3.15. The molecule has 30 heavy (non-hydrogen) atoms. The first-order chi connectivity index (χ1) is 14.1. The van der Waals surface area contributed by atoms with Gasteiger partial charge in [0.25, 0.3) is 0 Å². The molecular formula is C23H37N3O4. The number of methoxy groups -OCH3 is 1. The molecule has 0 aliphatic carbocycles. The molecule has 0 saturated carbocycles. The number of nitrogens with one attached hydrogen (secondary N) is 2. The van der Waals surface area contributed by atoms with Crippen LogP contribution >= 0.6 is 0 Å². The molecule has 2 N–H and O–H groups in total. The molecule has 7 nitrogen and oxygen atoms in total. The van der Waals surface area contributed by atoms with Crippen molar-refractivity contribution >= 4 is 17.7 Å². The van der Waals surface area contributed by atoms with Crippen LogP contribution in [0.2, 0.25) is 0 Å². The average Bonchev–Trinajstić information content (AvgIpc) is 2.67. The Morgan fingerprint density at radius 3 is 2.03 bits per heavy atom. The van der Waals surface area contributed by atoms with Crippen molar-refractivity contribution in [2.45, 2.75) is 59.2 Å². The first kappa shape index (κ1) is 25.6. The molecule has 0 aliphatic heterocycles. The fourth-order valence-electron chi connectivity index (χ4n) is 3.15. The van der Waals surface area contributed by atoms with Gasteiger partial charge < -0.3 is 20.3 Å². The van der Waals surface area contributed by atoms with Gasteiger partial charge in [0.2, 0.25) is 5.91 Å². The zero-order valence-corrected chi connectivity index (χ0v) is 19.1. The summed E-state index contributed by atoms with van der Waals surface area (Å²) in [6.45, 7) is 8.34. The molecule has 0 aromatic heterocycles. The average molecular weight is 420 g/mol. The van der Waals surface area contributed by atoms with Crippen molar-refractivity contribution < 1.29 is 19.1 Å².